The molecule has 2 amide bonds. The molecular weight excluding hydrogens is 454 g/mol. The fourth-order valence-corrected chi connectivity index (χ4v) is 6.12. The molecule has 3 heterocycles. The highest BCUT2D eigenvalue weighted by Gasteiger charge is 2.55. The van der Waals surface area contributed by atoms with E-state index in [1.165, 1.54) is 33.1 Å². The molecule has 1 aromatic heterocycles. The van der Waals surface area contributed by atoms with Gasteiger partial charge in [-0.2, -0.15) is 0 Å². The van der Waals surface area contributed by atoms with E-state index >= 15 is 0 Å². The van der Waals surface area contributed by atoms with E-state index in [1.54, 1.807) is 31.3 Å². The van der Waals surface area contributed by atoms with Crippen molar-refractivity contribution in [3.05, 3.63) is 47.2 Å². The lowest BCUT2D eigenvalue weighted by molar-refractivity contribution is -0.151. The Kier molecular flexibility index (Phi) is 6.22. The summed E-state index contributed by atoms with van der Waals surface area (Å²) in [7, 11) is 1.69. The Morgan fingerprint density at radius 1 is 1.34 bits per heavy atom. The van der Waals surface area contributed by atoms with Gasteiger partial charge in [-0.3, -0.25) is 14.5 Å². The van der Waals surface area contributed by atoms with Gasteiger partial charge in [-0.05, 0) is 28.5 Å². The van der Waals surface area contributed by atoms with E-state index in [0.29, 0.717) is 22.0 Å². The van der Waals surface area contributed by atoms with Crippen LogP contribution in [0.2, 0.25) is 0 Å². The zero-order valence-corrected chi connectivity index (χ0v) is 18.8. The number of carboxylic acid groups (broad SMARTS) is 1. The molecule has 0 saturated carbocycles. The number of carbonyl (C=O) groups excluding carboxylic acids is 2. The third kappa shape index (κ3) is 3.98. The Hall–Kier alpha value is -2.90. The Morgan fingerprint density at radius 3 is 2.69 bits per heavy atom. The van der Waals surface area contributed by atoms with Crippen molar-refractivity contribution < 1.29 is 19.5 Å². The van der Waals surface area contributed by atoms with Crippen molar-refractivity contribution >= 4 is 41.3 Å². The number of fused-ring (bicyclic) bond motifs is 1. The van der Waals surface area contributed by atoms with Crippen LogP contribution in [0.15, 0.2) is 46.8 Å². The van der Waals surface area contributed by atoms with Gasteiger partial charge in [0.15, 0.2) is 0 Å². The smallest absolute Gasteiger partial charge is 0.352 e. The number of carboxylic acids is 1. The van der Waals surface area contributed by atoms with Crippen molar-refractivity contribution in [3.8, 4) is 0 Å². The number of carbonyl (C=O) groups is 3. The average Bonchev–Trinajstić information content (AvgIpc) is 3.20. The number of β-lactam (4-membered cyclic amide) rings is 1. The molecule has 168 valence electrons. The minimum Gasteiger partial charge on any atom is -0.477 e. The molecule has 1 aromatic carbocycles. The van der Waals surface area contributed by atoms with Crippen molar-refractivity contribution in [1.29, 1.82) is 0 Å². The topological polar surface area (TPSA) is 156 Å². The molecule has 4 rings (SSSR count). The second kappa shape index (κ2) is 8.92. The predicted octanol–water partition coefficient (Wildman–Crippen LogP) is 0.129. The first kappa shape index (κ1) is 22.3. The first-order chi connectivity index (χ1) is 15.3. The normalized spacial score (nSPS) is 23.4. The number of benzene rings is 1. The van der Waals surface area contributed by atoms with Crippen LogP contribution in [0.25, 0.3) is 0 Å². The van der Waals surface area contributed by atoms with Crippen LogP contribution in [0, 0.1) is 0 Å². The molecule has 0 spiro atoms. The molecule has 4 atom stereocenters. The van der Waals surface area contributed by atoms with E-state index in [-0.39, 0.29) is 10.9 Å². The highest BCUT2D eigenvalue weighted by molar-refractivity contribution is 8.01. The Morgan fingerprint density at radius 2 is 2.06 bits per heavy atom. The average molecular weight is 476 g/mol. The Labute approximate surface area is 191 Å². The number of tetrazole rings is 1. The van der Waals surface area contributed by atoms with Crippen LogP contribution in [0.3, 0.4) is 0 Å². The summed E-state index contributed by atoms with van der Waals surface area (Å²) in [5.74, 6) is -1.83. The van der Waals surface area contributed by atoms with Crippen molar-refractivity contribution in [3.63, 3.8) is 0 Å². The number of amides is 2. The highest BCUT2D eigenvalue weighted by atomic mass is 32.2. The van der Waals surface area contributed by atoms with Crippen LogP contribution in [0.5, 0.6) is 0 Å². The van der Waals surface area contributed by atoms with Crippen molar-refractivity contribution in [2.24, 2.45) is 12.8 Å². The summed E-state index contributed by atoms with van der Waals surface area (Å²) < 4.78 is 1.49. The summed E-state index contributed by atoms with van der Waals surface area (Å²) in [4.78, 5) is 38.8. The van der Waals surface area contributed by atoms with Gasteiger partial charge >= 0.3 is 5.97 Å². The SMILES string of the molecule is C[C@H]1S[C@H]2C(NC(=O)C(N)c3ccccc3)C(=O)N2C(C(=O)O)=C1CSc1nnnn1C. The monoisotopic (exact) mass is 475 g/mol. The van der Waals surface area contributed by atoms with Gasteiger partial charge in [0, 0.05) is 18.1 Å². The summed E-state index contributed by atoms with van der Waals surface area (Å²) in [6.45, 7) is 1.88. The number of nitrogens with two attached hydrogens (primary N) is 1. The van der Waals surface area contributed by atoms with Crippen LogP contribution in [-0.2, 0) is 21.4 Å². The lowest BCUT2D eigenvalue weighted by Gasteiger charge is -2.51. The summed E-state index contributed by atoms with van der Waals surface area (Å²) in [6.07, 6.45) is 0. The number of aromatic nitrogens is 4. The summed E-state index contributed by atoms with van der Waals surface area (Å²) in [6, 6.07) is 7.08. The number of aryl methyl sites for hydroxylation is 1. The van der Waals surface area contributed by atoms with E-state index in [4.69, 9.17) is 5.73 Å². The minimum atomic E-state index is -1.19. The number of hydrogen-bond donors (Lipinski definition) is 3. The number of rotatable bonds is 7. The number of nitrogens with one attached hydrogen (secondary N) is 1. The maximum atomic E-state index is 12.9. The molecule has 32 heavy (non-hydrogen) atoms. The van der Waals surface area contributed by atoms with Gasteiger partial charge in [-0.25, -0.2) is 9.48 Å². The van der Waals surface area contributed by atoms with Gasteiger partial charge < -0.3 is 16.2 Å². The maximum Gasteiger partial charge on any atom is 0.352 e. The zero-order valence-electron chi connectivity index (χ0n) is 17.2. The third-order valence-electron chi connectivity index (χ3n) is 5.30. The fourth-order valence-electron chi connectivity index (χ4n) is 3.58. The summed E-state index contributed by atoms with van der Waals surface area (Å²) in [5, 5.41) is 23.6. The van der Waals surface area contributed by atoms with Gasteiger partial charge in [0.25, 0.3) is 5.91 Å². The summed E-state index contributed by atoms with van der Waals surface area (Å²) in [5.41, 5.74) is 7.21. The maximum absolute atomic E-state index is 12.9. The van der Waals surface area contributed by atoms with E-state index in [1.807, 2.05) is 13.0 Å². The highest BCUT2D eigenvalue weighted by Crippen LogP contribution is 2.45. The number of nitrogens with zero attached hydrogens (tertiary/aromatic N) is 5. The van der Waals surface area contributed by atoms with Gasteiger partial charge in [-0.15, -0.1) is 16.9 Å². The first-order valence-electron chi connectivity index (χ1n) is 9.70. The number of hydrogen-bond acceptors (Lipinski definition) is 9. The molecule has 1 fully saturated rings. The Balaban J connectivity index is 1.51. The molecule has 2 unspecified atom stereocenters. The second-order valence-electron chi connectivity index (χ2n) is 7.30. The molecule has 0 aliphatic carbocycles. The quantitative estimate of drug-likeness (QED) is 0.371. The van der Waals surface area contributed by atoms with Crippen molar-refractivity contribution in [2.75, 3.05) is 5.75 Å². The van der Waals surface area contributed by atoms with E-state index < -0.39 is 35.2 Å². The van der Waals surface area contributed by atoms with E-state index in [2.05, 4.69) is 20.8 Å². The third-order valence-corrected chi connectivity index (χ3v) is 7.82. The standard InChI is InChI=1S/C19H21N7O4S2/c1-9-11(8-31-19-22-23-24-25(19)2)14(18(29)30)26-16(28)13(17(26)32-9)21-15(27)12(20)10-6-4-3-5-7-10/h3-7,9,12-13,17H,8,20H2,1-2H3,(H,21,27)(H,29,30)/t9-,12?,13?,17+/m1/s1. The van der Waals surface area contributed by atoms with Crippen LogP contribution < -0.4 is 11.1 Å². The van der Waals surface area contributed by atoms with Gasteiger partial charge in [0.2, 0.25) is 11.1 Å². The second-order valence-corrected chi connectivity index (χ2v) is 9.71. The largest absolute Gasteiger partial charge is 0.477 e. The fraction of sp³-hybridized carbons (Fsp3) is 0.368. The van der Waals surface area contributed by atoms with Crippen molar-refractivity contribution in [1.82, 2.24) is 30.4 Å². The number of thioether (sulfide) groups is 2. The van der Waals surface area contributed by atoms with Crippen LogP contribution >= 0.6 is 23.5 Å². The Bertz CT molecular complexity index is 1090. The summed E-state index contributed by atoms with van der Waals surface area (Å²) >= 11 is 2.72. The number of aliphatic carboxylic acids is 1. The molecule has 0 radical (unpaired) electrons. The lowest BCUT2D eigenvalue weighted by Crippen LogP contribution is -2.71. The molecule has 2 aromatic rings. The van der Waals surface area contributed by atoms with Crippen LogP contribution in [-0.4, -0.2) is 70.4 Å². The molecule has 13 heteroatoms. The molecule has 4 N–H and O–H groups in total. The van der Waals surface area contributed by atoms with Gasteiger partial charge in [-0.1, -0.05) is 42.1 Å². The minimum absolute atomic E-state index is 0.0493. The van der Waals surface area contributed by atoms with Crippen LogP contribution in [0.4, 0.5) is 0 Å². The molecule has 2 aliphatic rings. The van der Waals surface area contributed by atoms with Gasteiger partial charge in [0.1, 0.15) is 23.2 Å². The first-order valence-corrected chi connectivity index (χ1v) is 11.6. The molecule has 2 aliphatic heterocycles. The molecule has 1 saturated heterocycles. The van der Waals surface area contributed by atoms with Crippen LogP contribution in [0.1, 0.15) is 18.5 Å². The molecule has 11 nitrogen and oxygen atoms in total. The molecule has 0 bridgehead atoms. The van der Waals surface area contributed by atoms with E-state index in [0.717, 1.165) is 0 Å². The van der Waals surface area contributed by atoms with Crippen molar-refractivity contribution in [2.45, 2.75) is 34.8 Å². The zero-order chi connectivity index (χ0) is 23.0. The van der Waals surface area contributed by atoms with E-state index in [9.17, 15) is 19.5 Å². The molecular formula is C19H21N7O4S2. The van der Waals surface area contributed by atoms with Gasteiger partial charge in [0.05, 0.1) is 0 Å². The lowest BCUT2D eigenvalue weighted by atomic mass is 10.0. The predicted molar refractivity (Wildman–Crippen MR) is 117 cm³/mol.